The maximum absolute atomic E-state index is 5.76. The monoisotopic (exact) mass is 267 g/mol. The van der Waals surface area contributed by atoms with Crippen molar-refractivity contribution in [3.8, 4) is 17.3 Å². The molecule has 7 heteroatoms. The summed E-state index contributed by atoms with van der Waals surface area (Å²) in [5.41, 5.74) is 8.94. The Bertz CT molecular complexity index is 729. The van der Waals surface area contributed by atoms with Gasteiger partial charge in [0.25, 0.3) is 5.95 Å². The molecule has 0 fully saturated rings. The second-order valence-corrected chi connectivity index (χ2v) is 4.53. The van der Waals surface area contributed by atoms with E-state index in [2.05, 4.69) is 31.1 Å². The minimum Gasteiger partial charge on any atom is -0.368 e. The standard InChI is InChI=1S/C13H13N7/c1-8-3-9(2)5-10(4-8)11-17-12(14)19-13(18-11)20-7-15-6-16-20/h3-7H,1-2H3,(H2,14,17,18,19). The zero-order chi connectivity index (χ0) is 14.1. The lowest BCUT2D eigenvalue weighted by Crippen LogP contribution is -2.08. The van der Waals surface area contributed by atoms with Gasteiger partial charge >= 0.3 is 0 Å². The summed E-state index contributed by atoms with van der Waals surface area (Å²) < 4.78 is 1.45. The van der Waals surface area contributed by atoms with Crippen molar-refractivity contribution in [3.05, 3.63) is 42.0 Å². The van der Waals surface area contributed by atoms with Crippen molar-refractivity contribution in [2.75, 3.05) is 5.73 Å². The van der Waals surface area contributed by atoms with Crippen molar-refractivity contribution in [2.45, 2.75) is 13.8 Å². The molecule has 20 heavy (non-hydrogen) atoms. The lowest BCUT2D eigenvalue weighted by atomic mass is 10.1. The van der Waals surface area contributed by atoms with Gasteiger partial charge < -0.3 is 5.73 Å². The molecule has 0 aliphatic rings. The van der Waals surface area contributed by atoms with Gasteiger partial charge in [0.05, 0.1) is 0 Å². The van der Waals surface area contributed by atoms with Gasteiger partial charge in [0.15, 0.2) is 5.82 Å². The summed E-state index contributed by atoms with van der Waals surface area (Å²) in [5, 5.41) is 3.99. The first-order valence-electron chi connectivity index (χ1n) is 6.07. The Kier molecular flexibility index (Phi) is 2.86. The van der Waals surface area contributed by atoms with Crippen molar-refractivity contribution in [1.29, 1.82) is 0 Å². The van der Waals surface area contributed by atoms with Gasteiger partial charge in [0, 0.05) is 5.56 Å². The Morgan fingerprint density at radius 1 is 1.00 bits per heavy atom. The lowest BCUT2D eigenvalue weighted by Gasteiger charge is -2.06. The molecule has 0 aliphatic heterocycles. The molecule has 2 aromatic heterocycles. The number of nitrogens with two attached hydrogens (primary N) is 1. The van der Waals surface area contributed by atoms with E-state index < -0.39 is 0 Å². The van der Waals surface area contributed by atoms with E-state index in [0.29, 0.717) is 11.8 Å². The van der Waals surface area contributed by atoms with E-state index in [1.807, 2.05) is 26.0 Å². The highest BCUT2D eigenvalue weighted by molar-refractivity contribution is 5.59. The molecule has 2 heterocycles. The first-order valence-corrected chi connectivity index (χ1v) is 6.07. The van der Waals surface area contributed by atoms with Crippen LogP contribution in [0.3, 0.4) is 0 Å². The van der Waals surface area contributed by atoms with Crippen LogP contribution in [0.1, 0.15) is 11.1 Å². The Morgan fingerprint density at radius 2 is 1.75 bits per heavy atom. The van der Waals surface area contributed by atoms with Crippen LogP contribution in [0, 0.1) is 13.8 Å². The van der Waals surface area contributed by atoms with Crippen molar-refractivity contribution >= 4 is 5.95 Å². The highest BCUT2D eigenvalue weighted by Gasteiger charge is 2.09. The van der Waals surface area contributed by atoms with Crippen molar-refractivity contribution < 1.29 is 0 Å². The van der Waals surface area contributed by atoms with Crippen LogP contribution < -0.4 is 5.73 Å². The van der Waals surface area contributed by atoms with Gasteiger partial charge in [-0.05, 0) is 26.0 Å². The van der Waals surface area contributed by atoms with Gasteiger partial charge in [-0.2, -0.15) is 24.7 Å². The van der Waals surface area contributed by atoms with E-state index in [-0.39, 0.29) is 5.95 Å². The number of hydrogen-bond donors (Lipinski definition) is 1. The molecule has 0 radical (unpaired) electrons. The summed E-state index contributed by atoms with van der Waals surface area (Å²) in [7, 11) is 0. The van der Waals surface area contributed by atoms with Crippen molar-refractivity contribution in [1.82, 2.24) is 29.7 Å². The average molecular weight is 267 g/mol. The number of nitrogens with zero attached hydrogens (tertiary/aromatic N) is 6. The third kappa shape index (κ3) is 2.33. The zero-order valence-corrected chi connectivity index (χ0v) is 11.1. The molecule has 7 nitrogen and oxygen atoms in total. The van der Waals surface area contributed by atoms with Gasteiger partial charge in [-0.25, -0.2) is 4.98 Å². The van der Waals surface area contributed by atoms with E-state index in [1.54, 1.807) is 0 Å². The third-order valence-corrected chi connectivity index (χ3v) is 2.74. The van der Waals surface area contributed by atoms with Gasteiger partial charge in [-0.3, -0.25) is 0 Å². The Morgan fingerprint density at radius 3 is 2.40 bits per heavy atom. The van der Waals surface area contributed by atoms with Crippen molar-refractivity contribution in [3.63, 3.8) is 0 Å². The summed E-state index contributed by atoms with van der Waals surface area (Å²) in [5.74, 6) is 1.03. The highest BCUT2D eigenvalue weighted by Crippen LogP contribution is 2.19. The van der Waals surface area contributed by atoms with Crippen LogP contribution >= 0.6 is 0 Å². The maximum Gasteiger partial charge on any atom is 0.257 e. The summed E-state index contributed by atoms with van der Waals surface area (Å²) in [4.78, 5) is 16.5. The summed E-state index contributed by atoms with van der Waals surface area (Å²) in [6, 6.07) is 6.10. The highest BCUT2D eigenvalue weighted by atomic mass is 15.4. The summed E-state index contributed by atoms with van der Waals surface area (Å²) in [6.07, 6.45) is 2.93. The van der Waals surface area contributed by atoms with Gasteiger partial charge in [-0.1, -0.05) is 17.2 Å². The largest absolute Gasteiger partial charge is 0.368 e. The fourth-order valence-electron chi connectivity index (χ4n) is 2.03. The SMILES string of the molecule is Cc1cc(C)cc(-c2nc(N)nc(-n3cncn3)n2)c1. The number of rotatable bonds is 2. The minimum absolute atomic E-state index is 0.152. The number of benzene rings is 1. The zero-order valence-electron chi connectivity index (χ0n) is 11.1. The minimum atomic E-state index is 0.152. The first kappa shape index (κ1) is 12.2. The molecule has 0 unspecified atom stereocenters. The van der Waals surface area contributed by atoms with Crippen LogP contribution in [-0.4, -0.2) is 29.7 Å². The molecule has 0 spiro atoms. The molecule has 0 saturated carbocycles. The number of hydrogen-bond acceptors (Lipinski definition) is 6. The smallest absolute Gasteiger partial charge is 0.257 e. The molecule has 0 amide bonds. The lowest BCUT2D eigenvalue weighted by molar-refractivity contribution is 0.800. The molecule has 3 rings (SSSR count). The third-order valence-electron chi connectivity index (χ3n) is 2.74. The van der Waals surface area contributed by atoms with E-state index in [0.717, 1.165) is 16.7 Å². The maximum atomic E-state index is 5.76. The normalized spacial score (nSPS) is 10.7. The molecular formula is C13H13N7. The molecular weight excluding hydrogens is 254 g/mol. The molecule has 3 aromatic rings. The Labute approximate surface area is 115 Å². The van der Waals surface area contributed by atoms with Crippen LogP contribution in [0.25, 0.3) is 17.3 Å². The van der Waals surface area contributed by atoms with Gasteiger partial charge in [0.1, 0.15) is 12.7 Å². The fourth-order valence-corrected chi connectivity index (χ4v) is 2.03. The Hall–Kier alpha value is -2.83. The first-order chi connectivity index (χ1) is 9.61. The van der Waals surface area contributed by atoms with Crippen molar-refractivity contribution in [2.24, 2.45) is 0 Å². The second kappa shape index (κ2) is 4.69. The van der Waals surface area contributed by atoms with E-state index in [1.165, 1.54) is 17.3 Å². The molecule has 0 bridgehead atoms. The molecule has 0 atom stereocenters. The molecule has 1 aromatic carbocycles. The predicted octanol–water partition coefficient (Wildman–Crippen LogP) is 1.32. The van der Waals surface area contributed by atoms with Crippen LogP contribution in [0.5, 0.6) is 0 Å². The average Bonchev–Trinajstić information content (AvgIpc) is 2.90. The van der Waals surface area contributed by atoms with Gasteiger partial charge in [-0.15, -0.1) is 0 Å². The number of aryl methyl sites for hydroxylation is 2. The van der Waals surface area contributed by atoms with Crippen LogP contribution in [0.15, 0.2) is 30.9 Å². The predicted molar refractivity (Wildman–Crippen MR) is 74.1 cm³/mol. The number of nitrogen functional groups attached to an aromatic ring is 1. The molecule has 100 valence electrons. The van der Waals surface area contributed by atoms with Gasteiger partial charge in [0.2, 0.25) is 5.95 Å². The van der Waals surface area contributed by atoms with E-state index in [4.69, 9.17) is 5.73 Å². The number of anilines is 1. The Balaban J connectivity index is 2.14. The van der Waals surface area contributed by atoms with E-state index >= 15 is 0 Å². The fraction of sp³-hybridized carbons (Fsp3) is 0.154. The van der Waals surface area contributed by atoms with E-state index in [9.17, 15) is 0 Å². The quantitative estimate of drug-likeness (QED) is 0.752. The van der Waals surface area contributed by atoms with Crippen LogP contribution in [0.2, 0.25) is 0 Å². The second-order valence-electron chi connectivity index (χ2n) is 4.53. The summed E-state index contributed by atoms with van der Waals surface area (Å²) in [6.45, 7) is 4.05. The molecule has 2 N–H and O–H groups in total. The molecule has 0 saturated heterocycles. The summed E-state index contributed by atoms with van der Waals surface area (Å²) >= 11 is 0. The van der Waals surface area contributed by atoms with Crippen LogP contribution in [0.4, 0.5) is 5.95 Å². The topological polar surface area (TPSA) is 95.4 Å². The van der Waals surface area contributed by atoms with Crippen LogP contribution in [-0.2, 0) is 0 Å². The number of aromatic nitrogens is 6. The molecule has 0 aliphatic carbocycles.